The van der Waals surface area contributed by atoms with Gasteiger partial charge in [-0.25, -0.2) is 4.99 Å². The lowest BCUT2D eigenvalue weighted by molar-refractivity contribution is 0.221. The second-order valence-corrected chi connectivity index (χ2v) is 8.40. The van der Waals surface area contributed by atoms with E-state index in [9.17, 15) is 0 Å². The summed E-state index contributed by atoms with van der Waals surface area (Å²) in [6, 6.07) is 8.96. The first-order chi connectivity index (χ1) is 15.1. The highest BCUT2D eigenvalue weighted by Crippen LogP contribution is 2.16. The van der Waals surface area contributed by atoms with Crippen LogP contribution in [0.15, 0.2) is 29.3 Å². The van der Waals surface area contributed by atoms with Gasteiger partial charge in [0, 0.05) is 37.9 Å². The number of nitrogens with zero attached hydrogens (tertiary/aromatic N) is 4. The smallest absolute Gasteiger partial charge is 0.191 e. The van der Waals surface area contributed by atoms with E-state index in [1.165, 1.54) is 60.4 Å². The number of aromatic nitrogens is 2. The molecule has 0 bridgehead atoms. The molecule has 0 saturated carbocycles. The minimum Gasteiger partial charge on any atom is -0.357 e. The van der Waals surface area contributed by atoms with E-state index < -0.39 is 0 Å². The van der Waals surface area contributed by atoms with Crippen LogP contribution in [-0.2, 0) is 39.5 Å². The van der Waals surface area contributed by atoms with Gasteiger partial charge < -0.3 is 10.6 Å². The van der Waals surface area contributed by atoms with Gasteiger partial charge in [0.15, 0.2) is 5.96 Å². The van der Waals surface area contributed by atoms with Crippen molar-refractivity contribution in [2.75, 3.05) is 19.6 Å². The van der Waals surface area contributed by atoms with Gasteiger partial charge in [0.2, 0.25) is 0 Å². The van der Waals surface area contributed by atoms with E-state index >= 15 is 0 Å². The van der Waals surface area contributed by atoms with Crippen LogP contribution in [0.5, 0.6) is 0 Å². The van der Waals surface area contributed by atoms with Gasteiger partial charge in [-0.15, -0.1) is 0 Å². The summed E-state index contributed by atoms with van der Waals surface area (Å²) < 4.78 is 2.02. The van der Waals surface area contributed by atoms with Crippen molar-refractivity contribution in [2.45, 2.75) is 72.5 Å². The van der Waals surface area contributed by atoms with Gasteiger partial charge in [-0.3, -0.25) is 9.58 Å². The number of benzene rings is 1. The topological polar surface area (TPSA) is 57.5 Å². The Morgan fingerprint density at radius 1 is 0.968 bits per heavy atom. The predicted molar refractivity (Wildman–Crippen MR) is 129 cm³/mol. The Balaban J connectivity index is 1.59. The van der Waals surface area contributed by atoms with Crippen LogP contribution in [-0.4, -0.2) is 40.3 Å². The van der Waals surface area contributed by atoms with Crippen molar-refractivity contribution in [2.24, 2.45) is 12.0 Å². The molecular weight excluding hydrogens is 384 g/mol. The Bertz CT molecular complexity index is 830. The van der Waals surface area contributed by atoms with Crippen LogP contribution in [0.3, 0.4) is 0 Å². The Morgan fingerprint density at radius 3 is 2.32 bits per heavy atom. The first kappa shape index (κ1) is 23.3. The molecule has 1 aromatic heterocycles. The number of likely N-dealkylation sites (tertiary alicyclic amines) is 1. The molecule has 1 saturated heterocycles. The fourth-order valence-corrected chi connectivity index (χ4v) is 4.40. The molecule has 0 aliphatic carbocycles. The maximum Gasteiger partial charge on any atom is 0.191 e. The van der Waals surface area contributed by atoms with Crippen LogP contribution in [0.1, 0.15) is 68.1 Å². The minimum atomic E-state index is 0.674. The second-order valence-electron chi connectivity index (χ2n) is 8.40. The van der Waals surface area contributed by atoms with Crippen molar-refractivity contribution in [3.63, 3.8) is 0 Å². The van der Waals surface area contributed by atoms with E-state index in [-0.39, 0.29) is 0 Å². The standard InChI is InChI=1S/C25H40N6/c1-5-23-22(24(6-2)30(4)29-23)18-28-25(26-7-3)27-17-20-11-13-21(14-12-20)19-31-15-9-8-10-16-31/h11-14H,5-10,15-19H2,1-4H3,(H2,26,27,28). The van der Waals surface area contributed by atoms with Gasteiger partial charge in [0.1, 0.15) is 0 Å². The van der Waals surface area contributed by atoms with Crippen LogP contribution in [0, 0.1) is 0 Å². The quantitative estimate of drug-likeness (QED) is 0.475. The van der Waals surface area contributed by atoms with Crippen LogP contribution in [0.2, 0.25) is 0 Å². The molecule has 170 valence electrons. The molecular formula is C25H40N6. The average molecular weight is 425 g/mol. The molecule has 0 atom stereocenters. The molecule has 1 fully saturated rings. The normalized spacial score (nSPS) is 15.3. The van der Waals surface area contributed by atoms with Crippen molar-refractivity contribution in [3.8, 4) is 0 Å². The van der Waals surface area contributed by atoms with Gasteiger partial charge in [-0.2, -0.15) is 5.10 Å². The van der Waals surface area contributed by atoms with Crippen LogP contribution in [0.4, 0.5) is 0 Å². The molecule has 3 rings (SSSR count). The molecule has 0 unspecified atom stereocenters. The molecule has 6 nitrogen and oxygen atoms in total. The van der Waals surface area contributed by atoms with Crippen molar-refractivity contribution in [3.05, 3.63) is 52.3 Å². The molecule has 1 aliphatic rings. The Morgan fingerprint density at radius 2 is 1.68 bits per heavy atom. The SMILES string of the molecule is CCNC(=NCc1ccc(CN2CCCCC2)cc1)NCc1c(CC)nn(C)c1CC. The first-order valence-corrected chi connectivity index (χ1v) is 12.0. The van der Waals surface area contributed by atoms with Crippen molar-refractivity contribution < 1.29 is 0 Å². The zero-order valence-corrected chi connectivity index (χ0v) is 19.9. The summed E-state index contributed by atoms with van der Waals surface area (Å²) in [7, 11) is 2.04. The van der Waals surface area contributed by atoms with E-state index in [2.05, 4.69) is 65.7 Å². The fraction of sp³-hybridized carbons (Fsp3) is 0.600. The lowest BCUT2D eigenvalue weighted by Crippen LogP contribution is -2.37. The zero-order chi connectivity index (χ0) is 22.1. The molecule has 0 spiro atoms. The van der Waals surface area contributed by atoms with Gasteiger partial charge in [-0.1, -0.05) is 44.5 Å². The number of piperidine rings is 1. The largest absolute Gasteiger partial charge is 0.357 e. The van der Waals surface area contributed by atoms with Crippen molar-refractivity contribution in [1.29, 1.82) is 0 Å². The summed E-state index contributed by atoms with van der Waals surface area (Å²) in [4.78, 5) is 7.39. The summed E-state index contributed by atoms with van der Waals surface area (Å²) in [5, 5.41) is 11.6. The van der Waals surface area contributed by atoms with Gasteiger partial charge in [0.25, 0.3) is 0 Å². The van der Waals surface area contributed by atoms with Crippen LogP contribution < -0.4 is 10.6 Å². The Labute approximate surface area is 188 Å². The highest BCUT2D eigenvalue weighted by molar-refractivity contribution is 5.79. The molecule has 0 amide bonds. The molecule has 1 aromatic carbocycles. The highest BCUT2D eigenvalue weighted by atomic mass is 15.3. The number of aliphatic imine (C=N–C) groups is 1. The summed E-state index contributed by atoms with van der Waals surface area (Å²) in [5.74, 6) is 0.854. The second kappa shape index (κ2) is 11.9. The van der Waals surface area contributed by atoms with Crippen molar-refractivity contribution in [1.82, 2.24) is 25.3 Å². The highest BCUT2D eigenvalue weighted by Gasteiger charge is 2.14. The summed E-state index contributed by atoms with van der Waals surface area (Å²) >= 11 is 0. The third-order valence-corrected chi connectivity index (χ3v) is 6.10. The molecule has 1 aliphatic heterocycles. The van der Waals surface area contributed by atoms with E-state index in [4.69, 9.17) is 4.99 Å². The lowest BCUT2D eigenvalue weighted by atomic mass is 10.1. The summed E-state index contributed by atoms with van der Waals surface area (Å²) in [6.07, 6.45) is 5.99. The molecule has 2 heterocycles. The predicted octanol–water partition coefficient (Wildman–Crippen LogP) is 3.79. The average Bonchev–Trinajstić information content (AvgIpc) is 3.11. The third-order valence-electron chi connectivity index (χ3n) is 6.10. The number of guanidine groups is 1. The van der Waals surface area contributed by atoms with E-state index in [1.807, 2.05) is 11.7 Å². The van der Waals surface area contributed by atoms with E-state index in [0.717, 1.165) is 38.4 Å². The lowest BCUT2D eigenvalue weighted by Gasteiger charge is -2.26. The van der Waals surface area contributed by atoms with Gasteiger partial charge >= 0.3 is 0 Å². The number of hydrogen-bond acceptors (Lipinski definition) is 3. The van der Waals surface area contributed by atoms with Crippen LogP contribution >= 0.6 is 0 Å². The molecule has 2 N–H and O–H groups in total. The van der Waals surface area contributed by atoms with E-state index in [0.29, 0.717) is 6.54 Å². The fourth-order valence-electron chi connectivity index (χ4n) is 4.40. The van der Waals surface area contributed by atoms with Crippen molar-refractivity contribution >= 4 is 5.96 Å². The monoisotopic (exact) mass is 424 g/mol. The van der Waals surface area contributed by atoms with E-state index in [1.54, 1.807) is 0 Å². The molecule has 31 heavy (non-hydrogen) atoms. The number of rotatable bonds is 9. The maximum atomic E-state index is 4.82. The molecule has 2 aromatic rings. The Hall–Kier alpha value is -2.34. The minimum absolute atomic E-state index is 0.674. The number of nitrogens with one attached hydrogen (secondary N) is 2. The number of aryl methyl sites for hydroxylation is 2. The summed E-state index contributed by atoms with van der Waals surface area (Å²) in [6.45, 7) is 12.3. The number of hydrogen-bond donors (Lipinski definition) is 2. The zero-order valence-electron chi connectivity index (χ0n) is 19.9. The Kier molecular flexibility index (Phi) is 8.95. The van der Waals surface area contributed by atoms with Crippen LogP contribution in [0.25, 0.3) is 0 Å². The van der Waals surface area contributed by atoms with Gasteiger partial charge in [0.05, 0.1) is 12.2 Å². The molecule has 0 radical (unpaired) electrons. The maximum absolute atomic E-state index is 4.82. The molecule has 6 heteroatoms. The van der Waals surface area contributed by atoms with Gasteiger partial charge in [-0.05, 0) is 56.8 Å². The third kappa shape index (κ3) is 6.57. The summed E-state index contributed by atoms with van der Waals surface area (Å²) in [5.41, 5.74) is 6.41. The first-order valence-electron chi connectivity index (χ1n) is 12.0.